The smallest absolute Gasteiger partial charge is 0.254 e. The predicted molar refractivity (Wildman–Crippen MR) is 81.2 cm³/mol. The van der Waals surface area contributed by atoms with Crippen molar-refractivity contribution in [2.45, 2.75) is 20.0 Å². The average molecular weight is 277 g/mol. The zero-order chi connectivity index (χ0) is 14.4. The first kappa shape index (κ1) is 14.8. The van der Waals surface area contributed by atoms with Crippen molar-refractivity contribution >= 4 is 17.3 Å². The van der Waals surface area contributed by atoms with E-state index in [4.69, 9.17) is 4.74 Å². The number of nitrogens with zero attached hydrogens (tertiary/aromatic N) is 1. The molecule has 2 rings (SSSR count). The zero-order valence-corrected chi connectivity index (χ0v) is 12.2. The number of amides is 1. The van der Waals surface area contributed by atoms with Gasteiger partial charge in [-0.05, 0) is 38.1 Å². The number of anilines is 2. The third kappa shape index (κ3) is 3.71. The molecule has 20 heavy (non-hydrogen) atoms. The van der Waals surface area contributed by atoms with Gasteiger partial charge in [0.15, 0.2) is 0 Å². The number of benzene rings is 1. The molecule has 110 valence electrons. The second-order valence-corrected chi connectivity index (χ2v) is 4.77. The molecule has 1 saturated heterocycles. The van der Waals surface area contributed by atoms with E-state index in [1.165, 1.54) is 5.69 Å². The fourth-order valence-electron chi connectivity index (χ4n) is 2.30. The van der Waals surface area contributed by atoms with Crippen molar-refractivity contribution in [3.8, 4) is 0 Å². The highest BCUT2D eigenvalue weighted by molar-refractivity contribution is 5.94. The van der Waals surface area contributed by atoms with E-state index < -0.39 is 6.10 Å². The fraction of sp³-hybridized carbons (Fsp3) is 0.533. The van der Waals surface area contributed by atoms with Crippen LogP contribution in [-0.4, -0.2) is 44.8 Å². The van der Waals surface area contributed by atoms with Crippen molar-refractivity contribution in [3.63, 3.8) is 0 Å². The average Bonchev–Trinajstić information content (AvgIpc) is 2.51. The van der Waals surface area contributed by atoms with Crippen LogP contribution in [-0.2, 0) is 9.53 Å². The van der Waals surface area contributed by atoms with E-state index in [1.807, 2.05) is 24.3 Å². The van der Waals surface area contributed by atoms with Crippen molar-refractivity contribution in [1.29, 1.82) is 0 Å². The molecule has 0 aromatic heterocycles. The van der Waals surface area contributed by atoms with Gasteiger partial charge in [0.25, 0.3) is 5.91 Å². The van der Waals surface area contributed by atoms with E-state index in [1.54, 1.807) is 0 Å². The summed E-state index contributed by atoms with van der Waals surface area (Å²) in [6.07, 6.45) is -0.397. The van der Waals surface area contributed by atoms with E-state index >= 15 is 0 Å². The van der Waals surface area contributed by atoms with Gasteiger partial charge in [0.2, 0.25) is 0 Å². The van der Waals surface area contributed by atoms with Crippen LogP contribution in [0.3, 0.4) is 0 Å². The van der Waals surface area contributed by atoms with Gasteiger partial charge in [-0.25, -0.2) is 0 Å². The third-order valence-electron chi connectivity index (χ3n) is 3.48. The van der Waals surface area contributed by atoms with Crippen LogP contribution in [0.5, 0.6) is 0 Å². The summed E-state index contributed by atoms with van der Waals surface area (Å²) in [7, 11) is 0. The van der Waals surface area contributed by atoms with Crippen LogP contribution < -0.4 is 15.5 Å². The Balaban J connectivity index is 1.94. The SMILES string of the molecule is CCN(CC)c1ccc(NC(=O)C2CNCCO2)cc1. The van der Waals surface area contributed by atoms with Crippen LogP contribution in [0.2, 0.25) is 0 Å². The van der Waals surface area contributed by atoms with Crippen LogP contribution >= 0.6 is 0 Å². The Morgan fingerprint density at radius 1 is 1.35 bits per heavy atom. The molecule has 0 bridgehead atoms. The number of carbonyl (C=O) groups is 1. The normalized spacial score (nSPS) is 18.6. The Morgan fingerprint density at radius 3 is 2.60 bits per heavy atom. The molecule has 1 amide bonds. The molecule has 1 aliphatic heterocycles. The highest BCUT2D eigenvalue weighted by atomic mass is 16.5. The van der Waals surface area contributed by atoms with E-state index in [-0.39, 0.29) is 5.91 Å². The third-order valence-corrected chi connectivity index (χ3v) is 3.48. The number of hydrogen-bond donors (Lipinski definition) is 2. The van der Waals surface area contributed by atoms with Gasteiger partial charge in [-0.2, -0.15) is 0 Å². The van der Waals surface area contributed by atoms with Crippen LogP contribution in [0.1, 0.15) is 13.8 Å². The predicted octanol–water partition coefficient (Wildman–Crippen LogP) is 1.46. The van der Waals surface area contributed by atoms with Gasteiger partial charge in [0, 0.05) is 37.6 Å². The maximum Gasteiger partial charge on any atom is 0.254 e. The maximum absolute atomic E-state index is 12.0. The molecule has 1 heterocycles. The van der Waals surface area contributed by atoms with Gasteiger partial charge in [-0.1, -0.05) is 0 Å². The molecule has 0 aliphatic carbocycles. The summed E-state index contributed by atoms with van der Waals surface area (Å²) in [4.78, 5) is 14.3. The van der Waals surface area contributed by atoms with Crippen LogP contribution in [0, 0.1) is 0 Å². The summed E-state index contributed by atoms with van der Waals surface area (Å²) in [5.41, 5.74) is 1.98. The lowest BCUT2D eigenvalue weighted by molar-refractivity contribution is -0.128. The highest BCUT2D eigenvalue weighted by Crippen LogP contribution is 2.18. The molecule has 1 aromatic rings. The Bertz CT molecular complexity index is 423. The summed E-state index contributed by atoms with van der Waals surface area (Å²) in [5.74, 6) is -0.0900. The Labute approximate surface area is 120 Å². The molecular weight excluding hydrogens is 254 g/mol. The van der Waals surface area contributed by atoms with E-state index in [2.05, 4.69) is 29.4 Å². The van der Waals surface area contributed by atoms with Gasteiger partial charge < -0.3 is 20.3 Å². The lowest BCUT2D eigenvalue weighted by atomic mass is 10.2. The van der Waals surface area contributed by atoms with Crippen molar-refractivity contribution in [3.05, 3.63) is 24.3 Å². The number of carbonyl (C=O) groups excluding carboxylic acids is 1. The van der Waals surface area contributed by atoms with Gasteiger partial charge in [-0.15, -0.1) is 0 Å². The van der Waals surface area contributed by atoms with Crippen LogP contribution in [0.15, 0.2) is 24.3 Å². The lowest BCUT2D eigenvalue weighted by Gasteiger charge is -2.23. The molecule has 1 atom stereocenters. The second kappa shape index (κ2) is 7.26. The topological polar surface area (TPSA) is 53.6 Å². The zero-order valence-electron chi connectivity index (χ0n) is 12.2. The van der Waals surface area contributed by atoms with E-state index in [0.29, 0.717) is 13.2 Å². The summed E-state index contributed by atoms with van der Waals surface area (Å²) in [6.45, 7) is 8.18. The number of hydrogen-bond acceptors (Lipinski definition) is 4. The van der Waals surface area contributed by atoms with E-state index in [0.717, 1.165) is 25.3 Å². The molecule has 1 unspecified atom stereocenters. The molecule has 0 saturated carbocycles. The van der Waals surface area contributed by atoms with Crippen molar-refractivity contribution in [2.24, 2.45) is 0 Å². The lowest BCUT2D eigenvalue weighted by Crippen LogP contribution is -2.45. The summed E-state index contributed by atoms with van der Waals surface area (Å²) in [5, 5.41) is 6.04. The van der Waals surface area contributed by atoms with Crippen molar-refractivity contribution < 1.29 is 9.53 Å². The van der Waals surface area contributed by atoms with Gasteiger partial charge in [-0.3, -0.25) is 4.79 Å². The minimum Gasteiger partial charge on any atom is -0.372 e. The Morgan fingerprint density at radius 2 is 2.05 bits per heavy atom. The largest absolute Gasteiger partial charge is 0.372 e. The summed E-state index contributed by atoms with van der Waals surface area (Å²) < 4.78 is 5.43. The molecule has 1 fully saturated rings. The van der Waals surface area contributed by atoms with E-state index in [9.17, 15) is 4.79 Å². The first-order valence-electron chi connectivity index (χ1n) is 7.22. The molecule has 1 aliphatic rings. The first-order valence-corrected chi connectivity index (χ1v) is 7.22. The number of rotatable bonds is 5. The molecule has 1 aromatic carbocycles. The first-order chi connectivity index (χ1) is 9.74. The minimum absolute atomic E-state index is 0.0900. The molecule has 5 heteroatoms. The number of ether oxygens (including phenoxy) is 1. The Kier molecular flexibility index (Phi) is 5.38. The molecular formula is C15H23N3O2. The molecule has 5 nitrogen and oxygen atoms in total. The monoisotopic (exact) mass is 277 g/mol. The summed E-state index contributed by atoms with van der Waals surface area (Å²) >= 11 is 0. The number of nitrogens with one attached hydrogen (secondary N) is 2. The van der Waals surface area contributed by atoms with Gasteiger partial charge >= 0.3 is 0 Å². The molecule has 0 radical (unpaired) electrons. The fourth-order valence-corrected chi connectivity index (χ4v) is 2.30. The number of morpholine rings is 1. The highest BCUT2D eigenvalue weighted by Gasteiger charge is 2.21. The molecule has 0 spiro atoms. The quantitative estimate of drug-likeness (QED) is 0.855. The van der Waals surface area contributed by atoms with Gasteiger partial charge in [0.1, 0.15) is 6.10 Å². The second-order valence-electron chi connectivity index (χ2n) is 4.77. The van der Waals surface area contributed by atoms with Crippen molar-refractivity contribution in [1.82, 2.24) is 5.32 Å². The van der Waals surface area contributed by atoms with Crippen LogP contribution in [0.25, 0.3) is 0 Å². The minimum atomic E-state index is -0.397. The Hall–Kier alpha value is -1.59. The van der Waals surface area contributed by atoms with Crippen molar-refractivity contribution in [2.75, 3.05) is 43.0 Å². The maximum atomic E-state index is 12.0. The van der Waals surface area contributed by atoms with Gasteiger partial charge in [0.05, 0.1) is 6.61 Å². The molecule has 2 N–H and O–H groups in total. The van der Waals surface area contributed by atoms with Crippen LogP contribution in [0.4, 0.5) is 11.4 Å². The standard InChI is InChI=1S/C15H23N3O2/c1-3-18(4-2)13-7-5-12(6-8-13)17-15(19)14-11-16-9-10-20-14/h5-8,14,16H,3-4,9-11H2,1-2H3,(H,17,19). The summed E-state index contributed by atoms with van der Waals surface area (Å²) in [6, 6.07) is 7.93.